The molecular formula is C16H22O. The minimum absolute atomic E-state index is 0.259. The van der Waals surface area contributed by atoms with E-state index in [4.69, 9.17) is 0 Å². The van der Waals surface area contributed by atoms with Crippen molar-refractivity contribution in [1.82, 2.24) is 0 Å². The number of benzene rings is 1. The zero-order chi connectivity index (χ0) is 12.7. The zero-order valence-electron chi connectivity index (χ0n) is 11.1. The Kier molecular flexibility index (Phi) is 5.68. The molecule has 0 saturated carbocycles. The van der Waals surface area contributed by atoms with Gasteiger partial charge in [-0.3, -0.25) is 4.79 Å². The van der Waals surface area contributed by atoms with Crippen molar-refractivity contribution < 1.29 is 4.79 Å². The Morgan fingerprint density at radius 3 is 2.35 bits per heavy atom. The third kappa shape index (κ3) is 4.18. The van der Waals surface area contributed by atoms with Crippen LogP contribution in [0, 0.1) is 0 Å². The first-order valence-electron chi connectivity index (χ1n) is 6.42. The van der Waals surface area contributed by atoms with Gasteiger partial charge < -0.3 is 0 Å². The second kappa shape index (κ2) is 7.05. The maximum Gasteiger partial charge on any atom is 0.130 e. The molecule has 0 fully saturated rings. The van der Waals surface area contributed by atoms with Gasteiger partial charge in [0.05, 0.1) is 0 Å². The number of carbonyl (C=O) groups excluding carboxylic acids is 1. The molecule has 1 aromatic carbocycles. The van der Waals surface area contributed by atoms with Gasteiger partial charge in [0.15, 0.2) is 0 Å². The Balaban J connectivity index is 3.03. The van der Waals surface area contributed by atoms with Crippen molar-refractivity contribution in [2.45, 2.75) is 46.0 Å². The molecule has 17 heavy (non-hydrogen) atoms. The number of hydrogen-bond acceptors (Lipinski definition) is 1. The van der Waals surface area contributed by atoms with Crippen molar-refractivity contribution in [1.29, 1.82) is 0 Å². The quantitative estimate of drug-likeness (QED) is 0.658. The SMILES string of the molecule is CCC=C(CC)C(CC(C)=O)c1ccccc1. The van der Waals surface area contributed by atoms with Gasteiger partial charge in [-0.05, 0) is 25.3 Å². The summed E-state index contributed by atoms with van der Waals surface area (Å²) in [5, 5.41) is 0. The first kappa shape index (κ1) is 13.7. The molecule has 1 unspecified atom stereocenters. The first-order chi connectivity index (χ1) is 8.19. The van der Waals surface area contributed by atoms with Gasteiger partial charge in [-0.25, -0.2) is 0 Å². The molecule has 92 valence electrons. The van der Waals surface area contributed by atoms with Crippen LogP contribution in [-0.2, 0) is 4.79 Å². The minimum Gasteiger partial charge on any atom is -0.300 e. The Morgan fingerprint density at radius 2 is 1.88 bits per heavy atom. The summed E-state index contributed by atoms with van der Waals surface area (Å²) in [6.07, 6.45) is 4.93. The van der Waals surface area contributed by atoms with E-state index in [0.29, 0.717) is 6.42 Å². The zero-order valence-corrected chi connectivity index (χ0v) is 11.1. The van der Waals surface area contributed by atoms with Gasteiger partial charge in [-0.2, -0.15) is 0 Å². The van der Waals surface area contributed by atoms with Crippen LogP contribution in [0.5, 0.6) is 0 Å². The third-order valence-electron chi connectivity index (χ3n) is 3.02. The average molecular weight is 230 g/mol. The Morgan fingerprint density at radius 1 is 1.24 bits per heavy atom. The molecule has 0 bridgehead atoms. The van der Waals surface area contributed by atoms with Crippen LogP contribution in [0.4, 0.5) is 0 Å². The molecule has 0 saturated heterocycles. The highest BCUT2D eigenvalue weighted by molar-refractivity contribution is 5.77. The fourth-order valence-electron chi connectivity index (χ4n) is 2.23. The largest absolute Gasteiger partial charge is 0.300 e. The van der Waals surface area contributed by atoms with Gasteiger partial charge in [0.25, 0.3) is 0 Å². The molecule has 0 aliphatic carbocycles. The molecule has 0 aliphatic heterocycles. The summed E-state index contributed by atoms with van der Waals surface area (Å²) in [7, 11) is 0. The summed E-state index contributed by atoms with van der Waals surface area (Å²) in [6.45, 7) is 5.98. The van der Waals surface area contributed by atoms with E-state index < -0.39 is 0 Å². The van der Waals surface area contributed by atoms with E-state index in [2.05, 4.69) is 32.1 Å². The summed E-state index contributed by atoms with van der Waals surface area (Å²) < 4.78 is 0. The summed E-state index contributed by atoms with van der Waals surface area (Å²) in [4.78, 5) is 11.4. The molecule has 1 atom stereocenters. The van der Waals surface area contributed by atoms with Gasteiger partial charge >= 0.3 is 0 Å². The maximum atomic E-state index is 11.4. The van der Waals surface area contributed by atoms with E-state index in [9.17, 15) is 4.79 Å². The third-order valence-corrected chi connectivity index (χ3v) is 3.02. The van der Waals surface area contributed by atoms with Gasteiger partial charge in [0, 0.05) is 12.3 Å². The lowest BCUT2D eigenvalue weighted by molar-refractivity contribution is -0.117. The smallest absolute Gasteiger partial charge is 0.130 e. The molecular weight excluding hydrogens is 208 g/mol. The van der Waals surface area contributed by atoms with Crippen LogP contribution in [-0.4, -0.2) is 5.78 Å². The number of Topliss-reactive ketones (excluding diaryl/α,β-unsaturated/α-hetero) is 1. The fourth-order valence-corrected chi connectivity index (χ4v) is 2.23. The second-order valence-electron chi connectivity index (χ2n) is 4.41. The Hall–Kier alpha value is -1.37. The minimum atomic E-state index is 0.259. The molecule has 1 nitrogen and oxygen atoms in total. The number of rotatable bonds is 6. The molecule has 1 aromatic rings. The van der Waals surface area contributed by atoms with Crippen LogP contribution in [0.15, 0.2) is 42.0 Å². The lowest BCUT2D eigenvalue weighted by Gasteiger charge is -2.19. The van der Waals surface area contributed by atoms with Crippen LogP contribution in [0.1, 0.15) is 51.5 Å². The number of allylic oxidation sites excluding steroid dienone is 2. The van der Waals surface area contributed by atoms with Crippen molar-refractivity contribution in [2.75, 3.05) is 0 Å². The highest BCUT2D eigenvalue weighted by Gasteiger charge is 2.16. The van der Waals surface area contributed by atoms with E-state index in [1.807, 2.05) is 18.2 Å². The molecule has 0 radical (unpaired) electrons. The van der Waals surface area contributed by atoms with Crippen molar-refractivity contribution in [3.63, 3.8) is 0 Å². The van der Waals surface area contributed by atoms with Crippen molar-refractivity contribution in [2.24, 2.45) is 0 Å². The normalized spacial score (nSPS) is 13.5. The standard InChI is InChI=1S/C16H22O/c1-4-9-14(5-2)16(12-13(3)17)15-10-7-6-8-11-15/h6-11,16H,4-5,12H2,1-3H3. The first-order valence-corrected chi connectivity index (χ1v) is 6.42. The molecule has 0 heterocycles. The van der Waals surface area contributed by atoms with Gasteiger partial charge in [0.1, 0.15) is 5.78 Å². The number of ketones is 1. The molecule has 1 rings (SSSR count). The summed E-state index contributed by atoms with van der Waals surface area (Å²) in [6, 6.07) is 10.3. The van der Waals surface area contributed by atoms with E-state index in [-0.39, 0.29) is 11.7 Å². The lowest BCUT2D eigenvalue weighted by Crippen LogP contribution is -2.07. The van der Waals surface area contributed by atoms with Crippen LogP contribution in [0.2, 0.25) is 0 Å². The molecule has 0 N–H and O–H groups in total. The molecule has 1 heteroatoms. The molecule has 0 spiro atoms. The second-order valence-corrected chi connectivity index (χ2v) is 4.41. The van der Waals surface area contributed by atoms with E-state index in [0.717, 1.165) is 12.8 Å². The van der Waals surface area contributed by atoms with Crippen LogP contribution < -0.4 is 0 Å². The van der Waals surface area contributed by atoms with Crippen molar-refractivity contribution in [3.8, 4) is 0 Å². The lowest BCUT2D eigenvalue weighted by atomic mass is 9.85. The van der Waals surface area contributed by atoms with E-state index >= 15 is 0 Å². The van der Waals surface area contributed by atoms with Crippen LogP contribution >= 0.6 is 0 Å². The highest BCUT2D eigenvalue weighted by Crippen LogP contribution is 2.30. The van der Waals surface area contributed by atoms with Gasteiger partial charge in [-0.1, -0.05) is 55.8 Å². The number of hydrogen-bond donors (Lipinski definition) is 0. The van der Waals surface area contributed by atoms with E-state index in [1.54, 1.807) is 6.92 Å². The summed E-state index contributed by atoms with van der Waals surface area (Å²) in [5.74, 6) is 0.521. The fraction of sp³-hybridized carbons (Fsp3) is 0.438. The predicted molar refractivity (Wildman–Crippen MR) is 73.1 cm³/mol. The van der Waals surface area contributed by atoms with E-state index in [1.165, 1.54) is 11.1 Å². The molecule has 0 amide bonds. The van der Waals surface area contributed by atoms with Crippen LogP contribution in [0.25, 0.3) is 0 Å². The summed E-state index contributed by atoms with van der Waals surface area (Å²) in [5.41, 5.74) is 2.64. The molecule has 0 aromatic heterocycles. The van der Waals surface area contributed by atoms with Crippen molar-refractivity contribution >= 4 is 5.78 Å². The summed E-state index contributed by atoms with van der Waals surface area (Å²) >= 11 is 0. The van der Waals surface area contributed by atoms with Crippen LogP contribution in [0.3, 0.4) is 0 Å². The van der Waals surface area contributed by atoms with Gasteiger partial charge in [-0.15, -0.1) is 0 Å². The maximum absolute atomic E-state index is 11.4. The molecule has 0 aliphatic rings. The topological polar surface area (TPSA) is 17.1 Å². The number of carbonyl (C=O) groups is 1. The van der Waals surface area contributed by atoms with Crippen molar-refractivity contribution in [3.05, 3.63) is 47.5 Å². The average Bonchev–Trinajstić information content (AvgIpc) is 2.34. The predicted octanol–water partition coefficient (Wildman–Crippen LogP) is 4.50. The van der Waals surface area contributed by atoms with Gasteiger partial charge in [0.2, 0.25) is 0 Å². The monoisotopic (exact) mass is 230 g/mol. The Labute approximate surface area is 105 Å². The highest BCUT2D eigenvalue weighted by atomic mass is 16.1. The Bertz CT molecular complexity index is 376.